The molecule has 1 saturated carbocycles. The first kappa shape index (κ1) is 21.9. The number of fused-ring (bicyclic) bond motifs is 1. The first-order valence-corrected chi connectivity index (χ1v) is 10.4. The summed E-state index contributed by atoms with van der Waals surface area (Å²) in [5.41, 5.74) is 1.73. The number of alkyl halides is 3. The Morgan fingerprint density at radius 2 is 1.78 bits per heavy atom. The van der Waals surface area contributed by atoms with Crippen molar-refractivity contribution in [2.45, 2.75) is 44.3 Å². The molecule has 2 N–H and O–H groups in total. The van der Waals surface area contributed by atoms with Gasteiger partial charge in [-0.25, -0.2) is 4.52 Å². The lowest BCUT2D eigenvalue weighted by Crippen LogP contribution is -2.38. The van der Waals surface area contributed by atoms with Crippen molar-refractivity contribution in [3.63, 3.8) is 0 Å². The van der Waals surface area contributed by atoms with Crippen LogP contribution < -0.4 is 5.32 Å². The summed E-state index contributed by atoms with van der Waals surface area (Å²) in [4.78, 5) is 24.1. The smallest absolute Gasteiger partial charge is 0.416 e. The minimum atomic E-state index is -4.39. The van der Waals surface area contributed by atoms with Crippen molar-refractivity contribution in [3.05, 3.63) is 71.0 Å². The number of carbonyl (C=O) groups excluding carboxylic acids is 1. The van der Waals surface area contributed by atoms with Crippen LogP contribution in [0.25, 0.3) is 5.52 Å². The molecular weight excluding hydrogens is 423 g/mol. The van der Waals surface area contributed by atoms with Crippen LogP contribution in [0.3, 0.4) is 0 Å². The van der Waals surface area contributed by atoms with Crippen LogP contribution in [0.1, 0.15) is 52.7 Å². The van der Waals surface area contributed by atoms with Gasteiger partial charge < -0.3 is 10.4 Å². The molecule has 1 aliphatic carbocycles. The molecule has 4 rings (SSSR count). The van der Waals surface area contributed by atoms with E-state index in [0.717, 1.165) is 17.7 Å². The van der Waals surface area contributed by atoms with Gasteiger partial charge >= 0.3 is 12.1 Å². The summed E-state index contributed by atoms with van der Waals surface area (Å²) in [7, 11) is 0. The van der Waals surface area contributed by atoms with Crippen LogP contribution in [-0.2, 0) is 17.4 Å². The van der Waals surface area contributed by atoms with Crippen LogP contribution in [-0.4, -0.2) is 32.6 Å². The number of halogens is 3. The maximum Gasteiger partial charge on any atom is 0.416 e. The number of nitrogens with one attached hydrogen (secondary N) is 1. The molecule has 1 fully saturated rings. The predicted octanol–water partition coefficient (Wildman–Crippen LogP) is 4.32. The Kier molecular flexibility index (Phi) is 5.90. The molecule has 0 aliphatic heterocycles. The fourth-order valence-corrected chi connectivity index (χ4v) is 4.20. The van der Waals surface area contributed by atoms with Crippen molar-refractivity contribution in [3.8, 4) is 0 Å². The molecule has 0 spiro atoms. The summed E-state index contributed by atoms with van der Waals surface area (Å²) in [5, 5.41) is 16.4. The molecule has 6 nitrogen and oxygen atoms in total. The molecule has 2 heterocycles. The average Bonchev–Trinajstić information content (AvgIpc) is 3.19. The molecule has 0 atom stereocenters. The van der Waals surface area contributed by atoms with Gasteiger partial charge in [-0.15, -0.1) is 0 Å². The highest BCUT2D eigenvalue weighted by Crippen LogP contribution is 2.30. The zero-order chi connectivity index (χ0) is 22.9. The van der Waals surface area contributed by atoms with E-state index >= 15 is 0 Å². The molecule has 0 radical (unpaired) electrons. The van der Waals surface area contributed by atoms with Crippen molar-refractivity contribution >= 4 is 17.4 Å². The van der Waals surface area contributed by atoms with E-state index in [4.69, 9.17) is 5.11 Å². The van der Waals surface area contributed by atoms with E-state index in [1.54, 1.807) is 16.8 Å². The summed E-state index contributed by atoms with van der Waals surface area (Å²) < 4.78 is 40.0. The molecule has 1 aliphatic rings. The van der Waals surface area contributed by atoms with Crippen LogP contribution in [0.2, 0.25) is 0 Å². The fourth-order valence-electron chi connectivity index (χ4n) is 4.20. The number of amides is 1. The largest absolute Gasteiger partial charge is 0.481 e. The van der Waals surface area contributed by atoms with Gasteiger partial charge in [0.2, 0.25) is 0 Å². The number of aliphatic carboxylic acids is 1. The third-order valence-electron chi connectivity index (χ3n) is 5.96. The number of benzene rings is 1. The molecule has 0 saturated heterocycles. The zero-order valence-corrected chi connectivity index (χ0v) is 17.1. The van der Waals surface area contributed by atoms with Crippen molar-refractivity contribution in [1.82, 2.24) is 14.9 Å². The number of carboxylic acid groups (broad SMARTS) is 1. The highest BCUT2D eigenvalue weighted by Gasteiger charge is 2.30. The van der Waals surface area contributed by atoms with Gasteiger partial charge in [-0.05, 0) is 61.4 Å². The Labute approximate surface area is 182 Å². The average molecular weight is 445 g/mol. The lowest BCUT2D eigenvalue weighted by atomic mass is 9.86. The summed E-state index contributed by atoms with van der Waals surface area (Å²) in [6.45, 7) is 0. The SMILES string of the molecule is O=C(NC1CCC(C(=O)O)CC1)c1cnn2cccc(Cc3ccc(C(F)(F)F)cc3)c12. The van der Waals surface area contributed by atoms with E-state index in [1.807, 2.05) is 6.07 Å². The van der Waals surface area contributed by atoms with Gasteiger partial charge in [-0.2, -0.15) is 18.3 Å². The molecule has 2 aromatic heterocycles. The van der Waals surface area contributed by atoms with Crippen molar-refractivity contribution < 1.29 is 27.9 Å². The Morgan fingerprint density at radius 3 is 2.41 bits per heavy atom. The van der Waals surface area contributed by atoms with Crippen LogP contribution in [0.4, 0.5) is 13.2 Å². The standard InChI is InChI=1S/C23H22F3N3O3/c24-23(25,26)17-7-3-14(4-8-17)12-16-2-1-11-29-20(16)19(13-27-29)21(30)28-18-9-5-15(6-10-18)22(31)32/h1-4,7-8,11,13,15,18H,5-6,9-10,12H2,(H,28,30)(H,31,32). The maximum atomic E-state index is 13.0. The molecule has 1 amide bonds. The van der Waals surface area contributed by atoms with Gasteiger partial charge in [0.1, 0.15) is 0 Å². The molecule has 9 heteroatoms. The van der Waals surface area contributed by atoms with Crippen molar-refractivity contribution in [1.29, 1.82) is 0 Å². The highest BCUT2D eigenvalue weighted by molar-refractivity contribution is 6.01. The summed E-state index contributed by atoms with van der Waals surface area (Å²) in [6, 6.07) is 8.46. The topological polar surface area (TPSA) is 83.7 Å². The molecule has 0 bridgehead atoms. The Balaban J connectivity index is 1.53. The van der Waals surface area contributed by atoms with Crippen molar-refractivity contribution in [2.75, 3.05) is 0 Å². The van der Waals surface area contributed by atoms with Gasteiger partial charge in [0, 0.05) is 12.2 Å². The number of nitrogens with zero attached hydrogens (tertiary/aromatic N) is 2. The number of rotatable bonds is 5. The summed E-state index contributed by atoms with van der Waals surface area (Å²) >= 11 is 0. The van der Waals surface area contributed by atoms with Gasteiger partial charge in [-0.1, -0.05) is 18.2 Å². The number of carboxylic acids is 1. The third kappa shape index (κ3) is 4.61. The number of hydrogen-bond donors (Lipinski definition) is 2. The minimum Gasteiger partial charge on any atom is -0.481 e. The van der Waals surface area contributed by atoms with Gasteiger partial charge in [0.15, 0.2) is 0 Å². The van der Waals surface area contributed by atoms with E-state index in [1.165, 1.54) is 18.3 Å². The second-order valence-corrected chi connectivity index (χ2v) is 8.12. The predicted molar refractivity (Wildman–Crippen MR) is 110 cm³/mol. The number of aromatic nitrogens is 2. The minimum absolute atomic E-state index is 0.102. The normalized spacial score (nSPS) is 19.1. The van der Waals surface area contributed by atoms with Crippen LogP contribution in [0.15, 0.2) is 48.8 Å². The second kappa shape index (κ2) is 8.64. The fraction of sp³-hybridized carbons (Fsp3) is 0.348. The lowest BCUT2D eigenvalue weighted by Gasteiger charge is -2.26. The van der Waals surface area contributed by atoms with Crippen molar-refractivity contribution in [2.24, 2.45) is 5.92 Å². The molecule has 0 unspecified atom stereocenters. The van der Waals surface area contributed by atoms with Crippen LogP contribution >= 0.6 is 0 Å². The highest BCUT2D eigenvalue weighted by atomic mass is 19.4. The van der Waals surface area contributed by atoms with Crippen LogP contribution in [0, 0.1) is 5.92 Å². The number of pyridine rings is 1. The molecule has 3 aromatic rings. The zero-order valence-electron chi connectivity index (χ0n) is 17.1. The molecular formula is C23H22F3N3O3. The van der Waals surface area contributed by atoms with E-state index in [2.05, 4.69) is 10.4 Å². The van der Waals surface area contributed by atoms with E-state index < -0.39 is 17.7 Å². The van der Waals surface area contributed by atoms with E-state index in [0.29, 0.717) is 48.7 Å². The molecule has 32 heavy (non-hydrogen) atoms. The lowest BCUT2D eigenvalue weighted by molar-refractivity contribution is -0.143. The summed E-state index contributed by atoms with van der Waals surface area (Å²) in [6.07, 6.45) is 1.38. The first-order valence-electron chi connectivity index (χ1n) is 10.4. The number of hydrogen-bond acceptors (Lipinski definition) is 3. The molecule has 1 aromatic carbocycles. The first-order chi connectivity index (χ1) is 15.2. The van der Waals surface area contributed by atoms with Crippen LogP contribution in [0.5, 0.6) is 0 Å². The summed E-state index contributed by atoms with van der Waals surface area (Å²) in [5.74, 6) is -1.46. The third-order valence-corrected chi connectivity index (χ3v) is 5.96. The quantitative estimate of drug-likeness (QED) is 0.613. The van der Waals surface area contributed by atoms with E-state index in [9.17, 15) is 22.8 Å². The second-order valence-electron chi connectivity index (χ2n) is 8.12. The number of carbonyl (C=O) groups is 2. The van der Waals surface area contributed by atoms with Gasteiger partial charge in [0.25, 0.3) is 5.91 Å². The molecule has 168 valence electrons. The monoisotopic (exact) mass is 445 g/mol. The maximum absolute atomic E-state index is 13.0. The Morgan fingerprint density at radius 1 is 1.09 bits per heavy atom. The van der Waals surface area contributed by atoms with Gasteiger partial charge in [0.05, 0.1) is 28.8 Å². The van der Waals surface area contributed by atoms with E-state index in [-0.39, 0.29) is 17.9 Å². The van der Waals surface area contributed by atoms with Gasteiger partial charge in [-0.3, -0.25) is 9.59 Å². The Bertz CT molecular complexity index is 1130. The Hall–Kier alpha value is -3.36.